The molecule has 0 radical (unpaired) electrons. The second kappa shape index (κ2) is 7.13. The average Bonchev–Trinajstić information content (AvgIpc) is 2.90. The Hall–Kier alpha value is -3.21. The molecule has 25 heavy (non-hydrogen) atoms. The van der Waals surface area contributed by atoms with Crippen LogP contribution in [0.4, 0.5) is 0 Å². The second-order valence-corrected chi connectivity index (χ2v) is 5.77. The van der Waals surface area contributed by atoms with E-state index >= 15 is 0 Å². The van der Waals surface area contributed by atoms with Crippen LogP contribution in [0.5, 0.6) is 0 Å². The zero-order valence-corrected chi connectivity index (χ0v) is 13.6. The van der Waals surface area contributed by atoms with Crippen molar-refractivity contribution in [2.45, 2.75) is 12.5 Å². The maximum Gasteiger partial charge on any atom is 0.262 e. The molecule has 0 unspecified atom stereocenters. The Labute approximate surface area is 146 Å². The lowest BCUT2D eigenvalue weighted by Crippen LogP contribution is -2.50. The van der Waals surface area contributed by atoms with E-state index in [1.165, 1.54) is 0 Å². The smallest absolute Gasteiger partial charge is 0.262 e. The highest BCUT2D eigenvalue weighted by Crippen LogP contribution is 2.26. The average molecular weight is 334 g/mol. The van der Waals surface area contributed by atoms with Crippen molar-refractivity contribution in [3.63, 3.8) is 0 Å². The Morgan fingerprint density at radius 3 is 2.12 bits per heavy atom. The number of hydrogen-bond acceptors (Lipinski definition) is 3. The summed E-state index contributed by atoms with van der Waals surface area (Å²) in [4.78, 5) is 39.1. The minimum absolute atomic E-state index is 0.259. The zero-order chi connectivity index (χ0) is 17.8. The van der Waals surface area contributed by atoms with Gasteiger partial charge in [-0.15, -0.1) is 6.58 Å². The van der Waals surface area contributed by atoms with E-state index in [-0.39, 0.29) is 18.9 Å². The van der Waals surface area contributed by atoms with Gasteiger partial charge < -0.3 is 5.32 Å². The molecule has 0 saturated heterocycles. The molecule has 2 aromatic rings. The molecule has 3 amide bonds. The van der Waals surface area contributed by atoms with Crippen molar-refractivity contribution in [1.82, 2.24) is 10.2 Å². The third kappa shape index (κ3) is 3.21. The fraction of sp³-hybridized carbons (Fsp3) is 0.150. The minimum atomic E-state index is -0.908. The summed E-state index contributed by atoms with van der Waals surface area (Å²) in [6.45, 7) is 3.84. The topological polar surface area (TPSA) is 66.5 Å². The van der Waals surface area contributed by atoms with E-state index in [0.29, 0.717) is 11.1 Å². The number of amides is 3. The molecule has 1 aliphatic heterocycles. The highest BCUT2D eigenvalue weighted by Gasteiger charge is 2.42. The third-order valence-corrected chi connectivity index (χ3v) is 4.13. The predicted molar refractivity (Wildman–Crippen MR) is 94.1 cm³/mol. The first-order valence-corrected chi connectivity index (χ1v) is 8.03. The van der Waals surface area contributed by atoms with E-state index in [2.05, 4.69) is 11.9 Å². The van der Waals surface area contributed by atoms with Gasteiger partial charge in [-0.3, -0.25) is 19.3 Å². The Morgan fingerprint density at radius 2 is 1.56 bits per heavy atom. The van der Waals surface area contributed by atoms with Crippen LogP contribution in [-0.4, -0.2) is 35.2 Å². The summed E-state index contributed by atoms with van der Waals surface area (Å²) in [5.41, 5.74) is 1.54. The minimum Gasteiger partial charge on any atom is -0.351 e. The molecular weight excluding hydrogens is 316 g/mol. The van der Waals surface area contributed by atoms with E-state index in [9.17, 15) is 14.4 Å². The maximum atomic E-state index is 12.7. The van der Waals surface area contributed by atoms with Crippen LogP contribution in [0.3, 0.4) is 0 Å². The molecule has 1 N–H and O–H groups in total. The zero-order valence-electron chi connectivity index (χ0n) is 13.6. The summed E-state index contributed by atoms with van der Waals surface area (Å²) < 4.78 is 0. The van der Waals surface area contributed by atoms with Gasteiger partial charge in [0.25, 0.3) is 11.8 Å². The van der Waals surface area contributed by atoms with Crippen molar-refractivity contribution >= 4 is 17.7 Å². The SMILES string of the molecule is C=CCNC(=O)[C@H](Cc1ccccc1)N1C(=O)c2ccccc2C1=O. The number of benzene rings is 2. The van der Waals surface area contributed by atoms with Crippen LogP contribution >= 0.6 is 0 Å². The molecule has 0 fully saturated rings. The molecular formula is C20H18N2O3. The largest absolute Gasteiger partial charge is 0.351 e. The molecule has 0 aromatic heterocycles. The Morgan fingerprint density at radius 1 is 1.00 bits per heavy atom. The van der Waals surface area contributed by atoms with Crippen LogP contribution in [-0.2, 0) is 11.2 Å². The van der Waals surface area contributed by atoms with E-state index < -0.39 is 17.9 Å². The van der Waals surface area contributed by atoms with Gasteiger partial charge in [0.2, 0.25) is 5.91 Å². The number of carbonyl (C=O) groups is 3. The number of nitrogens with one attached hydrogen (secondary N) is 1. The molecule has 1 atom stereocenters. The first-order valence-electron chi connectivity index (χ1n) is 8.03. The first kappa shape index (κ1) is 16.6. The van der Waals surface area contributed by atoms with Crippen molar-refractivity contribution in [2.24, 2.45) is 0 Å². The van der Waals surface area contributed by atoms with Crippen LogP contribution in [0.25, 0.3) is 0 Å². The maximum absolute atomic E-state index is 12.7. The summed E-state index contributed by atoms with van der Waals surface area (Å²) in [5.74, 6) is -1.25. The lowest BCUT2D eigenvalue weighted by Gasteiger charge is -2.25. The monoisotopic (exact) mass is 334 g/mol. The lowest BCUT2D eigenvalue weighted by molar-refractivity contribution is -0.124. The van der Waals surface area contributed by atoms with E-state index in [0.717, 1.165) is 10.5 Å². The van der Waals surface area contributed by atoms with Crippen molar-refractivity contribution in [1.29, 1.82) is 0 Å². The van der Waals surface area contributed by atoms with E-state index in [1.54, 1.807) is 30.3 Å². The Kier molecular flexibility index (Phi) is 4.75. The fourth-order valence-corrected chi connectivity index (χ4v) is 2.92. The van der Waals surface area contributed by atoms with Crippen LogP contribution < -0.4 is 5.32 Å². The van der Waals surface area contributed by atoms with Crippen LogP contribution in [0.2, 0.25) is 0 Å². The number of fused-ring (bicyclic) bond motifs is 1. The molecule has 126 valence electrons. The van der Waals surface area contributed by atoms with Gasteiger partial charge in [0.1, 0.15) is 6.04 Å². The van der Waals surface area contributed by atoms with Gasteiger partial charge in [0.05, 0.1) is 11.1 Å². The van der Waals surface area contributed by atoms with E-state index in [4.69, 9.17) is 0 Å². The molecule has 1 aliphatic rings. The summed E-state index contributed by atoms with van der Waals surface area (Å²) >= 11 is 0. The highest BCUT2D eigenvalue weighted by molar-refractivity contribution is 6.22. The number of hydrogen-bond donors (Lipinski definition) is 1. The van der Waals surface area contributed by atoms with E-state index in [1.807, 2.05) is 30.3 Å². The number of imide groups is 1. The summed E-state index contributed by atoms with van der Waals surface area (Å²) in [7, 11) is 0. The highest BCUT2D eigenvalue weighted by atomic mass is 16.2. The van der Waals surface area contributed by atoms with Crippen LogP contribution in [0.1, 0.15) is 26.3 Å². The molecule has 5 nitrogen and oxygen atoms in total. The number of rotatable bonds is 6. The van der Waals surface area contributed by atoms with Crippen molar-refractivity contribution in [2.75, 3.05) is 6.54 Å². The van der Waals surface area contributed by atoms with Gasteiger partial charge >= 0.3 is 0 Å². The Balaban J connectivity index is 1.94. The van der Waals surface area contributed by atoms with Crippen molar-refractivity contribution in [3.05, 3.63) is 83.9 Å². The van der Waals surface area contributed by atoms with Crippen molar-refractivity contribution in [3.8, 4) is 0 Å². The molecule has 0 aliphatic carbocycles. The number of carbonyl (C=O) groups excluding carboxylic acids is 3. The molecule has 5 heteroatoms. The van der Waals surface area contributed by atoms with Gasteiger partial charge in [-0.05, 0) is 17.7 Å². The quantitative estimate of drug-likeness (QED) is 0.650. The van der Waals surface area contributed by atoms with Gasteiger partial charge in [-0.1, -0.05) is 48.5 Å². The summed E-state index contributed by atoms with van der Waals surface area (Å²) in [6, 6.07) is 15.0. The fourth-order valence-electron chi connectivity index (χ4n) is 2.92. The van der Waals surface area contributed by atoms with Gasteiger partial charge in [0, 0.05) is 13.0 Å². The molecule has 2 aromatic carbocycles. The lowest BCUT2D eigenvalue weighted by atomic mass is 10.0. The summed E-state index contributed by atoms with van der Waals surface area (Å²) in [6.07, 6.45) is 1.81. The number of nitrogens with zero attached hydrogens (tertiary/aromatic N) is 1. The Bertz CT molecular complexity index is 795. The van der Waals surface area contributed by atoms with Gasteiger partial charge in [0.15, 0.2) is 0 Å². The molecule has 3 rings (SSSR count). The van der Waals surface area contributed by atoms with Crippen molar-refractivity contribution < 1.29 is 14.4 Å². The molecule has 0 spiro atoms. The standard InChI is InChI=1S/C20H18N2O3/c1-2-12-21-18(23)17(13-14-8-4-3-5-9-14)22-19(24)15-10-6-7-11-16(15)20(22)25/h2-11,17H,1,12-13H2,(H,21,23)/t17-/m0/s1. The van der Waals surface area contributed by atoms with Gasteiger partial charge in [-0.25, -0.2) is 0 Å². The summed E-state index contributed by atoms with van der Waals surface area (Å²) in [5, 5.41) is 2.69. The third-order valence-electron chi connectivity index (χ3n) is 4.13. The molecule has 1 heterocycles. The first-order chi connectivity index (χ1) is 12.1. The normalized spacial score (nSPS) is 14.2. The predicted octanol–water partition coefficient (Wildman–Crippen LogP) is 2.20. The molecule has 0 saturated carbocycles. The van der Waals surface area contributed by atoms with Crippen LogP contribution in [0.15, 0.2) is 67.3 Å². The van der Waals surface area contributed by atoms with Gasteiger partial charge in [-0.2, -0.15) is 0 Å². The second-order valence-electron chi connectivity index (χ2n) is 5.77. The molecule has 0 bridgehead atoms. The van der Waals surface area contributed by atoms with Crippen LogP contribution in [0, 0.1) is 0 Å².